The third kappa shape index (κ3) is 3.29. The number of sulfonamides is 1. The van der Waals surface area contributed by atoms with Crippen LogP contribution >= 0.6 is 0 Å². The molecular weight excluding hydrogens is 370 g/mol. The van der Waals surface area contributed by atoms with Crippen molar-refractivity contribution in [3.63, 3.8) is 0 Å². The highest BCUT2D eigenvalue weighted by Crippen LogP contribution is 2.23. The van der Waals surface area contributed by atoms with Gasteiger partial charge in [-0.2, -0.15) is 0 Å². The molecule has 0 aliphatic carbocycles. The number of aryl methyl sites for hydroxylation is 1. The van der Waals surface area contributed by atoms with E-state index in [0.29, 0.717) is 16.7 Å². The van der Waals surface area contributed by atoms with Crippen molar-refractivity contribution in [1.29, 1.82) is 0 Å². The summed E-state index contributed by atoms with van der Waals surface area (Å²) < 4.78 is 34.4. The van der Waals surface area contributed by atoms with Crippen LogP contribution in [-0.2, 0) is 10.0 Å². The first kappa shape index (κ1) is 16.9. The van der Waals surface area contributed by atoms with E-state index in [2.05, 4.69) is 20.2 Å². The van der Waals surface area contributed by atoms with E-state index in [-0.39, 0.29) is 4.90 Å². The van der Waals surface area contributed by atoms with Gasteiger partial charge in [-0.05, 0) is 65.4 Å². The summed E-state index contributed by atoms with van der Waals surface area (Å²) in [5.74, 6) is 0. The zero-order chi connectivity index (χ0) is 19.0. The molecule has 27 heavy (non-hydrogen) atoms. The first-order valence-electron chi connectivity index (χ1n) is 7.83. The third-order valence-corrected chi connectivity index (χ3v) is 5.32. The maximum atomic E-state index is 12.7. The van der Waals surface area contributed by atoms with Gasteiger partial charge in [0.15, 0.2) is 0 Å². The van der Waals surface area contributed by atoms with Gasteiger partial charge in [0, 0.05) is 17.1 Å². The number of hydrogen-bond acceptors (Lipinski definition) is 7. The van der Waals surface area contributed by atoms with E-state index in [1.807, 2.05) is 6.92 Å². The molecule has 0 saturated heterocycles. The monoisotopic (exact) mass is 383 g/mol. The van der Waals surface area contributed by atoms with Crippen LogP contribution in [0.4, 0.5) is 5.69 Å². The Labute approximate surface area is 153 Å². The maximum absolute atomic E-state index is 12.7. The summed E-state index contributed by atoms with van der Waals surface area (Å²) in [6.45, 7) is 1.83. The van der Waals surface area contributed by atoms with Gasteiger partial charge in [-0.25, -0.2) is 17.9 Å². The molecule has 0 atom stereocenters. The van der Waals surface area contributed by atoms with Crippen LogP contribution in [0.15, 0.2) is 69.0 Å². The predicted molar refractivity (Wildman–Crippen MR) is 97.2 cm³/mol. The first-order valence-corrected chi connectivity index (χ1v) is 9.31. The lowest BCUT2D eigenvalue weighted by Gasteiger charge is -2.11. The van der Waals surface area contributed by atoms with Gasteiger partial charge in [-0.3, -0.25) is 4.72 Å². The number of rotatable bonds is 4. The molecule has 136 valence electrons. The fraction of sp³-hybridized carbons (Fsp3) is 0.0588. The molecule has 0 aliphatic rings. The van der Waals surface area contributed by atoms with Gasteiger partial charge in [0.2, 0.25) is 0 Å². The van der Waals surface area contributed by atoms with E-state index >= 15 is 0 Å². The highest BCUT2D eigenvalue weighted by atomic mass is 32.2. The topological polar surface area (TPSA) is 120 Å². The Hall–Kier alpha value is -3.53. The van der Waals surface area contributed by atoms with Crippen LogP contribution in [0, 0.1) is 6.92 Å². The van der Waals surface area contributed by atoms with Crippen LogP contribution in [0.1, 0.15) is 5.56 Å². The number of benzene rings is 2. The lowest BCUT2D eigenvalue weighted by Crippen LogP contribution is -2.13. The average Bonchev–Trinajstić information content (AvgIpc) is 3.15. The van der Waals surface area contributed by atoms with Gasteiger partial charge in [0.1, 0.15) is 11.9 Å². The molecule has 0 unspecified atom stereocenters. The van der Waals surface area contributed by atoms with E-state index in [4.69, 9.17) is 4.42 Å². The highest BCUT2D eigenvalue weighted by Gasteiger charge is 2.16. The summed E-state index contributed by atoms with van der Waals surface area (Å²) in [5, 5.41) is 11.5. The molecule has 9 nitrogen and oxygen atoms in total. The molecule has 0 saturated carbocycles. The van der Waals surface area contributed by atoms with Crippen molar-refractivity contribution in [2.24, 2.45) is 0 Å². The molecule has 0 bridgehead atoms. The molecule has 0 spiro atoms. The maximum Gasteiger partial charge on any atom is 0.336 e. The minimum atomic E-state index is -3.82. The molecular formula is C17H13N5O4S. The van der Waals surface area contributed by atoms with Crippen LogP contribution in [0.2, 0.25) is 0 Å². The zero-order valence-electron chi connectivity index (χ0n) is 14.0. The molecule has 0 amide bonds. The van der Waals surface area contributed by atoms with E-state index in [0.717, 1.165) is 11.3 Å². The predicted octanol–water partition coefficient (Wildman–Crippen LogP) is 1.88. The SMILES string of the molecule is Cc1cc(NS(=O)(=O)c2ccc3oc(=O)ccc3c2)ccc1-n1cnnn1. The van der Waals surface area contributed by atoms with Crippen molar-refractivity contribution in [2.45, 2.75) is 11.8 Å². The summed E-state index contributed by atoms with van der Waals surface area (Å²) in [6.07, 6.45) is 1.46. The second kappa shape index (κ2) is 6.32. The Kier molecular flexibility index (Phi) is 3.96. The number of nitrogens with one attached hydrogen (secondary N) is 1. The summed E-state index contributed by atoms with van der Waals surface area (Å²) in [6, 6.07) is 12.1. The fourth-order valence-corrected chi connectivity index (χ4v) is 3.76. The van der Waals surface area contributed by atoms with Crippen molar-refractivity contribution in [3.05, 3.63) is 70.8 Å². The summed E-state index contributed by atoms with van der Waals surface area (Å²) in [4.78, 5) is 11.3. The molecule has 2 heterocycles. The lowest BCUT2D eigenvalue weighted by molar-refractivity contribution is 0.560. The Bertz CT molecular complexity index is 1300. The highest BCUT2D eigenvalue weighted by molar-refractivity contribution is 7.92. The third-order valence-electron chi connectivity index (χ3n) is 3.95. The quantitative estimate of drug-likeness (QED) is 0.534. The van der Waals surface area contributed by atoms with Crippen molar-refractivity contribution < 1.29 is 12.8 Å². The minimum absolute atomic E-state index is 0.0612. The summed E-state index contributed by atoms with van der Waals surface area (Å²) >= 11 is 0. The van der Waals surface area contributed by atoms with Crippen molar-refractivity contribution >= 4 is 26.7 Å². The Morgan fingerprint density at radius 3 is 2.67 bits per heavy atom. The van der Waals surface area contributed by atoms with Crippen LogP contribution in [0.5, 0.6) is 0 Å². The second-order valence-electron chi connectivity index (χ2n) is 5.82. The lowest BCUT2D eigenvalue weighted by atomic mass is 10.2. The van der Waals surface area contributed by atoms with E-state index in [9.17, 15) is 13.2 Å². The summed E-state index contributed by atoms with van der Waals surface area (Å²) in [7, 11) is -3.82. The van der Waals surface area contributed by atoms with Gasteiger partial charge in [0.05, 0.1) is 10.6 Å². The van der Waals surface area contributed by atoms with Gasteiger partial charge >= 0.3 is 5.63 Å². The number of hydrogen-bond donors (Lipinski definition) is 1. The molecule has 0 radical (unpaired) electrons. The molecule has 0 fully saturated rings. The number of nitrogens with zero attached hydrogens (tertiary/aromatic N) is 4. The van der Waals surface area contributed by atoms with Crippen LogP contribution < -0.4 is 10.3 Å². The van der Waals surface area contributed by atoms with E-state index in [1.54, 1.807) is 18.2 Å². The number of anilines is 1. The fourth-order valence-electron chi connectivity index (χ4n) is 2.68. The van der Waals surface area contributed by atoms with E-state index in [1.165, 1.54) is 41.3 Å². The van der Waals surface area contributed by atoms with Crippen LogP contribution in [-0.4, -0.2) is 28.6 Å². The largest absolute Gasteiger partial charge is 0.423 e. The normalized spacial score (nSPS) is 11.6. The van der Waals surface area contributed by atoms with Crippen molar-refractivity contribution in [2.75, 3.05) is 4.72 Å². The molecule has 2 aromatic carbocycles. The molecule has 4 rings (SSSR count). The smallest absolute Gasteiger partial charge is 0.336 e. The Balaban J connectivity index is 1.66. The van der Waals surface area contributed by atoms with Crippen molar-refractivity contribution in [3.8, 4) is 5.69 Å². The summed E-state index contributed by atoms with van der Waals surface area (Å²) in [5.41, 5.74) is 1.77. The van der Waals surface area contributed by atoms with Gasteiger partial charge in [-0.1, -0.05) is 0 Å². The number of aromatic nitrogens is 4. The Morgan fingerprint density at radius 2 is 1.93 bits per heavy atom. The van der Waals surface area contributed by atoms with Gasteiger partial charge in [-0.15, -0.1) is 5.10 Å². The second-order valence-corrected chi connectivity index (χ2v) is 7.50. The van der Waals surface area contributed by atoms with Gasteiger partial charge in [0.25, 0.3) is 10.0 Å². The van der Waals surface area contributed by atoms with E-state index < -0.39 is 15.6 Å². The minimum Gasteiger partial charge on any atom is -0.423 e. The Morgan fingerprint density at radius 1 is 1.07 bits per heavy atom. The first-order chi connectivity index (χ1) is 12.9. The van der Waals surface area contributed by atoms with Crippen LogP contribution in [0.25, 0.3) is 16.7 Å². The van der Waals surface area contributed by atoms with Gasteiger partial charge < -0.3 is 4.42 Å². The number of fused-ring (bicyclic) bond motifs is 1. The molecule has 0 aliphatic heterocycles. The number of tetrazole rings is 1. The average molecular weight is 383 g/mol. The molecule has 10 heteroatoms. The molecule has 4 aromatic rings. The van der Waals surface area contributed by atoms with Crippen LogP contribution in [0.3, 0.4) is 0 Å². The zero-order valence-corrected chi connectivity index (χ0v) is 14.8. The van der Waals surface area contributed by atoms with Crippen molar-refractivity contribution in [1.82, 2.24) is 20.2 Å². The molecule has 2 aromatic heterocycles. The standard InChI is InChI=1S/C17H13N5O4S/c1-11-8-13(3-5-15(11)22-10-18-20-21-22)19-27(24,25)14-4-6-16-12(9-14)2-7-17(23)26-16/h2-10,19H,1H3. The molecule has 1 N–H and O–H groups in total.